The second kappa shape index (κ2) is 5.12. The van der Waals surface area contributed by atoms with E-state index in [1.807, 2.05) is 13.0 Å². The van der Waals surface area contributed by atoms with Crippen LogP contribution in [0.25, 0.3) is 0 Å². The van der Waals surface area contributed by atoms with E-state index in [9.17, 15) is 9.59 Å². The largest absolute Gasteiger partial charge is 0.326 e. The molecule has 0 fully saturated rings. The lowest BCUT2D eigenvalue weighted by Gasteiger charge is -2.11. The average molecular weight is 285 g/mol. The van der Waals surface area contributed by atoms with Crippen LogP contribution in [0.1, 0.15) is 19.4 Å². The van der Waals surface area contributed by atoms with E-state index in [2.05, 4.69) is 26.6 Å². The van der Waals surface area contributed by atoms with E-state index < -0.39 is 0 Å². The molecule has 0 atom stereocenters. The number of carbonyl (C=O) groups excluding carboxylic acids is 2. The Morgan fingerprint density at radius 1 is 1.06 bits per heavy atom. The van der Waals surface area contributed by atoms with Gasteiger partial charge in [0, 0.05) is 24.0 Å². The van der Waals surface area contributed by atoms with Crippen LogP contribution in [0.5, 0.6) is 0 Å². The van der Waals surface area contributed by atoms with Gasteiger partial charge in [-0.2, -0.15) is 0 Å². The quantitative estimate of drug-likeness (QED) is 0.877. The monoisotopic (exact) mass is 284 g/mol. The summed E-state index contributed by atoms with van der Waals surface area (Å²) in [4.78, 5) is 21.9. The molecule has 1 aromatic rings. The van der Waals surface area contributed by atoms with Gasteiger partial charge in [-0.1, -0.05) is 0 Å². The summed E-state index contributed by atoms with van der Waals surface area (Å²) in [6.45, 7) is 4.76. The van der Waals surface area contributed by atoms with Crippen molar-refractivity contribution in [1.29, 1.82) is 0 Å². The van der Waals surface area contributed by atoms with Crippen LogP contribution in [-0.4, -0.2) is 11.8 Å². The zero-order valence-electron chi connectivity index (χ0n) is 9.35. The van der Waals surface area contributed by atoms with E-state index in [1.165, 1.54) is 13.8 Å². The molecule has 0 spiro atoms. The van der Waals surface area contributed by atoms with Crippen molar-refractivity contribution < 1.29 is 9.59 Å². The van der Waals surface area contributed by atoms with Gasteiger partial charge in [0.25, 0.3) is 0 Å². The number of rotatable bonds is 2. The third-order valence-corrected chi connectivity index (χ3v) is 2.59. The van der Waals surface area contributed by atoms with E-state index in [1.54, 1.807) is 6.07 Å². The first-order valence-corrected chi connectivity index (χ1v) is 5.54. The smallest absolute Gasteiger partial charge is 0.221 e. The second-order valence-corrected chi connectivity index (χ2v) is 4.36. The molecule has 0 aromatic heterocycles. The van der Waals surface area contributed by atoms with Crippen molar-refractivity contribution >= 4 is 39.1 Å². The number of hydrogen-bond acceptors (Lipinski definition) is 2. The Morgan fingerprint density at radius 3 is 2.06 bits per heavy atom. The molecule has 0 saturated carbocycles. The highest BCUT2D eigenvalue weighted by atomic mass is 79.9. The average Bonchev–Trinajstić information content (AvgIpc) is 2.11. The molecule has 0 heterocycles. The van der Waals surface area contributed by atoms with Crippen molar-refractivity contribution in [3.05, 3.63) is 22.2 Å². The van der Waals surface area contributed by atoms with Gasteiger partial charge in [-0.25, -0.2) is 0 Å². The summed E-state index contributed by atoms with van der Waals surface area (Å²) in [6, 6.07) is 3.57. The Balaban J connectivity index is 3.10. The van der Waals surface area contributed by atoms with Gasteiger partial charge in [0.1, 0.15) is 0 Å². The molecule has 1 aromatic carbocycles. The number of amides is 2. The minimum Gasteiger partial charge on any atom is -0.326 e. The fourth-order valence-electron chi connectivity index (χ4n) is 1.28. The molecule has 86 valence electrons. The van der Waals surface area contributed by atoms with Crippen LogP contribution >= 0.6 is 15.9 Å². The number of nitrogens with one attached hydrogen (secondary N) is 2. The SMILES string of the molecule is CC(=O)Nc1cc(NC(C)=O)c(Br)cc1C. The van der Waals surface area contributed by atoms with Crippen LogP contribution in [-0.2, 0) is 9.59 Å². The molecule has 0 aliphatic rings. The summed E-state index contributed by atoms with van der Waals surface area (Å²) >= 11 is 3.35. The first kappa shape index (κ1) is 12.7. The molecule has 16 heavy (non-hydrogen) atoms. The van der Waals surface area contributed by atoms with Crippen molar-refractivity contribution in [2.75, 3.05) is 10.6 Å². The van der Waals surface area contributed by atoms with Crippen LogP contribution in [0.2, 0.25) is 0 Å². The molecule has 0 aliphatic carbocycles. The highest BCUT2D eigenvalue weighted by Gasteiger charge is 2.07. The maximum atomic E-state index is 11.0. The number of aryl methyl sites for hydroxylation is 1. The number of halogens is 1. The third-order valence-electron chi connectivity index (χ3n) is 1.94. The normalized spacial score (nSPS) is 9.75. The summed E-state index contributed by atoms with van der Waals surface area (Å²) in [5.41, 5.74) is 2.26. The van der Waals surface area contributed by atoms with E-state index in [0.717, 1.165) is 10.0 Å². The Kier molecular flexibility index (Phi) is 4.06. The van der Waals surface area contributed by atoms with Crippen molar-refractivity contribution in [1.82, 2.24) is 0 Å². The van der Waals surface area contributed by atoms with Crippen molar-refractivity contribution in [2.24, 2.45) is 0 Å². The molecule has 1 rings (SSSR count). The molecule has 0 aliphatic heterocycles. The fourth-order valence-corrected chi connectivity index (χ4v) is 1.84. The lowest BCUT2D eigenvalue weighted by atomic mass is 10.1. The lowest BCUT2D eigenvalue weighted by Crippen LogP contribution is -2.10. The first-order valence-electron chi connectivity index (χ1n) is 4.75. The first-order chi connectivity index (χ1) is 7.40. The van der Waals surface area contributed by atoms with Gasteiger partial charge in [-0.15, -0.1) is 0 Å². The number of carbonyl (C=O) groups is 2. The Bertz CT molecular complexity index is 407. The van der Waals surface area contributed by atoms with Crippen molar-refractivity contribution in [2.45, 2.75) is 20.8 Å². The Hall–Kier alpha value is -1.36. The lowest BCUT2D eigenvalue weighted by molar-refractivity contribution is -0.115. The van der Waals surface area contributed by atoms with Gasteiger partial charge in [-0.05, 0) is 40.5 Å². The van der Waals surface area contributed by atoms with Gasteiger partial charge in [0.2, 0.25) is 11.8 Å². The van der Waals surface area contributed by atoms with E-state index >= 15 is 0 Å². The van der Waals surface area contributed by atoms with Crippen LogP contribution in [0.15, 0.2) is 16.6 Å². The minimum atomic E-state index is -0.154. The molecular formula is C11H13BrN2O2. The molecular weight excluding hydrogens is 272 g/mol. The third kappa shape index (κ3) is 3.34. The van der Waals surface area contributed by atoms with Crippen molar-refractivity contribution in [3.63, 3.8) is 0 Å². The zero-order valence-corrected chi connectivity index (χ0v) is 10.9. The van der Waals surface area contributed by atoms with Gasteiger partial charge in [0.15, 0.2) is 0 Å². The summed E-state index contributed by atoms with van der Waals surface area (Å²) in [5, 5.41) is 5.38. The highest BCUT2D eigenvalue weighted by Crippen LogP contribution is 2.29. The van der Waals surface area contributed by atoms with Gasteiger partial charge in [-0.3, -0.25) is 9.59 Å². The topological polar surface area (TPSA) is 58.2 Å². The maximum absolute atomic E-state index is 11.0. The van der Waals surface area contributed by atoms with E-state index in [4.69, 9.17) is 0 Å². The number of hydrogen-bond donors (Lipinski definition) is 2. The van der Waals surface area contributed by atoms with Gasteiger partial charge < -0.3 is 10.6 Å². The summed E-state index contributed by atoms with van der Waals surface area (Å²) in [5.74, 6) is -0.294. The predicted molar refractivity (Wildman–Crippen MR) is 67.5 cm³/mol. The molecule has 0 unspecified atom stereocenters. The summed E-state index contributed by atoms with van der Waals surface area (Å²) in [6.07, 6.45) is 0. The van der Waals surface area contributed by atoms with Crippen LogP contribution in [0.3, 0.4) is 0 Å². The minimum absolute atomic E-state index is 0.140. The van der Waals surface area contributed by atoms with Crippen molar-refractivity contribution in [3.8, 4) is 0 Å². The Labute approximate surface area is 103 Å². The molecule has 4 nitrogen and oxygen atoms in total. The van der Waals surface area contributed by atoms with Crippen LogP contribution in [0, 0.1) is 6.92 Å². The summed E-state index contributed by atoms with van der Waals surface area (Å²) < 4.78 is 0.786. The number of anilines is 2. The standard InChI is InChI=1S/C11H13BrN2O2/c1-6-4-9(12)11(14-8(3)16)5-10(6)13-7(2)15/h4-5H,1-3H3,(H,13,15)(H,14,16). The number of benzene rings is 1. The van der Waals surface area contributed by atoms with Crippen LogP contribution in [0.4, 0.5) is 11.4 Å². The van der Waals surface area contributed by atoms with Gasteiger partial charge in [0.05, 0.1) is 5.69 Å². The molecule has 0 saturated heterocycles. The molecule has 2 N–H and O–H groups in total. The summed E-state index contributed by atoms with van der Waals surface area (Å²) in [7, 11) is 0. The maximum Gasteiger partial charge on any atom is 0.221 e. The van der Waals surface area contributed by atoms with Gasteiger partial charge >= 0.3 is 0 Å². The zero-order chi connectivity index (χ0) is 12.3. The highest BCUT2D eigenvalue weighted by molar-refractivity contribution is 9.10. The van der Waals surface area contributed by atoms with Crippen LogP contribution < -0.4 is 10.6 Å². The predicted octanol–water partition coefficient (Wildman–Crippen LogP) is 2.67. The molecule has 2 amide bonds. The molecule has 0 radical (unpaired) electrons. The van der Waals surface area contributed by atoms with E-state index in [0.29, 0.717) is 11.4 Å². The fraction of sp³-hybridized carbons (Fsp3) is 0.273. The Morgan fingerprint density at radius 2 is 1.56 bits per heavy atom. The molecule has 0 bridgehead atoms. The molecule has 5 heteroatoms. The van der Waals surface area contributed by atoms with E-state index in [-0.39, 0.29) is 11.8 Å². The second-order valence-electron chi connectivity index (χ2n) is 3.51.